The summed E-state index contributed by atoms with van der Waals surface area (Å²) >= 11 is 0. The van der Waals surface area contributed by atoms with Crippen molar-refractivity contribution >= 4 is 5.78 Å². The van der Waals surface area contributed by atoms with Crippen molar-refractivity contribution in [2.24, 2.45) is 12.8 Å². The van der Waals surface area contributed by atoms with Crippen LogP contribution in [0, 0.1) is 18.3 Å². The van der Waals surface area contributed by atoms with Crippen LogP contribution in [0.4, 0.5) is 0 Å². The lowest BCUT2D eigenvalue weighted by Gasteiger charge is -2.31. The molecule has 0 spiro atoms. The van der Waals surface area contributed by atoms with Crippen LogP contribution in [0.3, 0.4) is 0 Å². The van der Waals surface area contributed by atoms with Crippen LogP contribution in [-0.2, 0) is 16.6 Å². The molecule has 108 valence electrons. The highest BCUT2D eigenvalue weighted by Gasteiger charge is 2.39. The van der Waals surface area contributed by atoms with E-state index in [4.69, 9.17) is 10.5 Å². The van der Waals surface area contributed by atoms with Gasteiger partial charge in [-0.1, -0.05) is 0 Å². The third-order valence-corrected chi connectivity index (χ3v) is 4.06. The molecule has 6 heteroatoms. The first-order chi connectivity index (χ1) is 10.0. The fraction of sp³-hybridized carbons (Fsp3) is 0.400. The van der Waals surface area contributed by atoms with E-state index in [1.165, 1.54) is 0 Å². The highest BCUT2D eigenvalue weighted by Crippen LogP contribution is 2.43. The molecule has 1 aliphatic carbocycles. The number of Topliss-reactive ketones (excluding diaryl/α,β-unsaturated/α-hetero) is 1. The lowest BCUT2D eigenvalue weighted by Crippen LogP contribution is -2.28. The summed E-state index contributed by atoms with van der Waals surface area (Å²) in [5.74, 6) is 0.256. The summed E-state index contributed by atoms with van der Waals surface area (Å²) in [6, 6.07) is 2.10. The predicted octanol–water partition coefficient (Wildman–Crippen LogP) is 1.54. The highest BCUT2D eigenvalue weighted by atomic mass is 16.5. The van der Waals surface area contributed by atoms with Crippen molar-refractivity contribution in [3.05, 3.63) is 40.2 Å². The number of hydrogen-bond donors (Lipinski definition) is 1. The number of nitrogens with two attached hydrogens (primary N) is 1. The van der Waals surface area contributed by atoms with Crippen molar-refractivity contribution in [1.82, 2.24) is 9.78 Å². The molecule has 1 aromatic rings. The van der Waals surface area contributed by atoms with Crippen molar-refractivity contribution in [3.8, 4) is 6.07 Å². The molecule has 0 saturated carbocycles. The van der Waals surface area contributed by atoms with E-state index in [2.05, 4.69) is 11.2 Å². The standard InChI is InChI=1S/C15H16N4O2/c1-8-7-18-19(2)14(8)12-9(6-16)15(17)21-11-5-3-4-10(20)13(11)12/h7,12H,3-5,17H2,1-2H3/t12-/m1/s1. The summed E-state index contributed by atoms with van der Waals surface area (Å²) in [6.45, 7) is 1.91. The normalized spacial score (nSPS) is 22.0. The largest absolute Gasteiger partial charge is 0.444 e. The van der Waals surface area contributed by atoms with Crippen LogP contribution in [-0.4, -0.2) is 15.6 Å². The van der Waals surface area contributed by atoms with Gasteiger partial charge in [-0.3, -0.25) is 9.48 Å². The van der Waals surface area contributed by atoms with Crippen molar-refractivity contribution in [2.75, 3.05) is 0 Å². The number of aryl methyl sites for hydroxylation is 2. The highest BCUT2D eigenvalue weighted by molar-refractivity contribution is 5.99. The van der Waals surface area contributed by atoms with Gasteiger partial charge < -0.3 is 10.5 Å². The Hall–Kier alpha value is -2.55. The summed E-state index contributed by atoms with van der Waals surface area (Å²) in [7, 11) is 1.80. The summed E-state index contributed by atoms with van der Waals surface area (Å²) < 4.78 is 7.23. The van der Waals surface area contributed by atoms with Gasteiger partial charge in [0.25, 0.3) is 0 Å². The molecule has 1 atom stereocenters. The van der Waals surface area contributed by atoms with Crippen molar-refractivity contribution in [3.63, 3.8) is 0 Å². The van der Waals surface area contributed by atoms with Crippen molar-refractivity contribution in [1.29, 1.82) is 5.26 Å². The van der Waals surface area contributed by atoms with Crippen LogP contribution in [0.2, 0.25) is 0 Å². The van der Waals surface area contributed by atoms with Crippen molar-refractivity contribution < 1.29 is 9.53 Å². The Morgan fingerprint density at radius 3 is 2.90 bits per heavy atom. The molecule has 0 bridgehead atoms. The number of hydrogen-bond acceptors (Lipinski definition) is 5. The van der Waals surface area contributed by atoms with Gasteiger partial charge in [-0.05, 0) is 18.9 Å². The number of ether oxygens (including phenoxy) is 1. The van der Waals surface area contributed by atoms with Gasteiger partial charge >= 0.3 is 0 Å². The average molecular weight is 284 g/mol. The molecule has 0 saturated heterocycles. The zero-order valence-corrected chi connectivity index (χ0v) is 12.0. The van der Waals surface area contributed by atoms with E-state index in [0.29, 0.717) is 24.2 Å². The van der Waals surface area contributed by atoms with E-state index < -0.39 is 5.92 Å². The molecule has 2 N–H and O–H groups in total. The number of rotatable bonds is 1. The minimum absolute atomic E-state index is 0.0297. The van der Waals surface area contributed by atoms with Crippen LogP contribution < -0.4 is 5.73 Å². The molecular formula is C15H16N4O2. The molecule has 0 amide bonds. The number of nitrogens with zero attached hydrogens (tertiary/aromatic N) is 3. The van der Waals surface area contributed by atoms with Crippen LogP contribution in [0.5, 0.6) is 0 Å². The smallest absolute Gasteiger partial charge is 0.205 e. The minimum Gasteiger partial charge on any atom is -0.444 e. The number of nitriles is 1. The van der Waals surface area contributed by atoms with Gasteiger partial charge in [-0.25, -0.2) is 0 Å². The van der Waals surface area contributed by atoms with Crippen LogP contribution >= 0.6 is 0 Å². The number of aromatic nitrogens is 2. The molecule has 3 rings (SSSR count). The third-order valence-electron chi connectivity index (χ3n) is 4.06. The first-order valence-electron chi connectivity index (χ1n) is 6.87. The van der Waals surface area contributed by atoms with Crippen LogP contribution in [0.25, 0.3) is 0 Å². The molecule has 1 aliphatic heterocycles. The second kappa shape index (κ2) is 4.77. The Balaban J connectivity index is 2.25. The Kier molecular flexibility index (Phi) is 3.05. The average Bonchev–Trinajstić information content (AvgIpc) is 2.77. The van der Waals surface area contributed by atoms with E-state index >= 15 is 0 Å². The minimum atomic E-state index is -0.473. The maximum Gasteiger partial charge on any atom is 0.205 e. The molecule has 0 radical (unpaired) electrons. The van der Waals surface area contributed by atoms with Crippen LogP contribution in [0.15, 0.2) is 29.0 Å². The summed E-state index contributed by atoms with van der Waals surface area (Å²) in [5, 5.41) is 13.7. The predicted molar refractivity (Wildman–Crippen MR) is 74.5 cm³/mol. The molecule has 6 nitrogen and oxygen atoms in total. The monoisotopic (exact) mass is 284 g/mol. The lowest BCUT2D eigenvalue weighted by molar-refractivity contribution is -0.116. The first kappa shape index (κ1) is 13.4. The molecule has 1 aromatic heterocycles. The molecule has 0 aromatic carbocycles. The second-order valence-corrected chi connectivity index (χ2v) is 5.37. The Morgan fingerprint density at radius 1 is 1.52 bits per heavy atom. The van der Waals surface area contributed by atoms with Gasteiger partial charge in [0.15, 0.2) is 5.78 Å². The van der Waals surface area contributed by atoms with Gasteiger partial charge in [-0.15, -0.1) is 0 Å². The fourth-order valence-electron chi connectivity index (χ4n) is 3.10. The van der Waals surface area contributed by atoms with E-state index in [1.54, 1.807) is 17.9 Å². The second-order valence-electron chi connectivity index (χ2n) is 5.37. The molecular weight excluding hydrogens is 268 g/mol. The Labute approximate surface area is 122 Å². The summed E-state index contributed by atoms with van der Waals surface area (Å²) in [5.41, 5.74) is 8.50. The quantitative estimate of drug-likeness (QED) is 0.844. The molecule has 0 fully saturated rings. The molecule has 21 heavy (non-hydrogen) atoms. The third kappa shape index (κ3) is 1.93. The molecule has 0 unspecified atom stereocenters. The SMILES string of the molecule is Cc1cnn(C)c1[C@@H]1C(C#N)=C(N)OC2=C1C(=O)CCC2. The number of carbonyl (C=O) groups excluding carboxylic acids is 1. The van der Waals surface area contributed by atoms with Gasteiger partial charge in [0.2, 0.25) is 5.88 Å². The first-order valence-corrected chi connectivity index (χ1v) is 6.87. The topological polar surface area (TPSA) is 93.9 Å². The van der Waals surface area contributed by atoms with E-state index in [1.807, 2.05) is 6.92 Å². The van der Waals surface area contributed by atoms with E-state index in [0.717, 1.165) is 17.7 Å². The number of allylic oxidation sites excluding steroid dienone is 3. The van der Waals surface area contributed by atoms with Gasteiger partial charge in [-0.2, -0.15) is 10.4 Å². The fourth-order valence-corrected chi connectivity index (χ4v) is 3.10. The Morgan fingerprint density at radius 2 is 2.29 bits per heavy atom. The number of ketones is 1. The zero-order valence-electron chi connectivity index (χ0n) is 12.0. The maximum absolute atomic E-state index is 12.4. The Bertz CT molecular complexity index is 714. The van der Waals surface area contributed by atoms with Crippen LogP contribution in [0.1, 0.15) is 36.4 Å². The lowest BCUT2D eigenvalue weighted by atomic mass is 9.79. The van der Waals surface area contributed by atoms with E-state index in [9.17, 15) is 10.1 Å². The van der Waals surface area contributed by atoms with Crippen molar-refractivity contribution in [2.45, 2.75) is 32.1 Å². The number of carbonyl (C=O) groups is 1. The zero-order chi connectivity index (χ0) is 15.1. The van der Waals surface area contributed by atoms with Gasteiger partial charge in [0.1, 0.15) is 17.4 Å². The van der Waals surface area contributed by atoms with Gasteiger partial charge in [0, 0.05) is 25.5 Å². The summed E-state index contributed by atoms with van der Waals surface area (Å²) in [4.78, 5) is 12.4. The van der Waals surface area contributed by atoms with E-state index in [-0.39, 0.29) is 17.2 Å². The van der Waals surface area contributed by atoms with Gasteiger partial charge in [0.05, 0.1) is 17.8 Å². The molecule has 2 heterocycles. The molecule has 2 aliphatic rings. The summed E-state index contributed by atoms with van der Waals surface area (Å²) in [6.07, 6.45) is 3.63. The maximum atomic E-state index is 12.4.